The van der Waals surface area contributed by atoms with Crippen LogP contribution in [0.4, 0.5) is 5.69 Å². The van der Waals surface area contributed by atoms with Gasteiger partial charge in [-0.2, -0.15) is 0 Å². The lowest BCUT2D eigenvalue weighted by molar-refractivity contribution is 0.0694. The molecule has 2 aromatic rings. The van der Waals surface area contributed by atoms with Gasteiger partial charge in [-0.05, 0) is 6.07 Å². The molecule has 0 aliphatic heterocycles. The number of hydrogen-bond donors (Lipinski definition) is 2. The molecule has 2 rings (SSSR count). The second kappa shape index (κ2) is 6.01. The van der Waals surface area contributed by atoms with E-state index in [0.717, 1.165) is 11.3 Å². The summed E-state index contributed by atoms with van der Waals surface area (Å²) in [6.45, 7) is 0.730. The number of para-hydroxylation sites is 1. The molecule has 0 saturated carbocycles. The minimum atomic E-state index is -1.05. The highest BCUT2D eigenvalue weighted by molar-refractivity contribution is 5.88. The van der Waals surface area contributed by atoms with E-state index in [4.69, 9.17) is 14.4 Å². The van der Waals surface area contributed by atoms with Gasteiger partial charge in [0.15, 0.2) is 5.76 Å². The Kier molecular flexibility index (Phi) is 4.15. The third-order valence-corrected chi connectivity index (χ3v) is 2.63. The van der Waals surface area contributed by atoms with E-state index in [9.17, 15) is 4.79 Å². The molecule has 0 aliphatic rings. The number of carboxylic acids is 1. The fourth-order valence-corrected chi connectivity index (χ4v) is 1.72. The van der Waals surface area contributed by atoms with Gasteiger partial charge in [0.2, 0.25) is 0 Å². The van der Waals surface area contributed by atoms with Gasteiger partial charge in [-0.3, -0.25) is 0 Å². The number of nitrogens with one attached hydrogen (secondary N) is 1. The summed E-state index contributed by atoms with van der Waals surface area (Å²) >= 11 is 0. The first-order valence-corrected chi connectivity index (χ1v) is 5.70. The Labute approximate surface area is 110 Å². The molecule has 0 unspecified atom stereocenters. The van der Waals surface area contributed by atoms with Crippen LogP contribution in [0, 0.1) is 0 Å². The van der Waals surface area contributed by atoms with Crippen molar-refractivity contribution in [2.75, 3.05) is 12.4 Å². The number of carbonyl (C=O) groups is 1. The zero-order chi connectivity index (χ0) is 13.7. The van der Waals surface area contributed by atoms with Crippen LogP contribution in [-0.4, -0.2) is 23.3 Å². The van der Waals surface area contributed by atoms with E-state index < -0.39 is 5.97 Å². The Morgan fingerprint density at radius 1 is 1.47 bits per heavy atom. The number of carboxylic acid groups (broad SMARTS) is 1. The van der Waals surface area contributed by atoms with E-state index in [-0.39, 0.29) is 12.1 Å². The molecule has 100 valence electrons. The van der Waals surface area contributed by atoms with Crippen LogP contribution in [0.3, 0.4) is 0 Å². The predicted octanol–water partition coefficient (Wildman–Crippen LogP) is 2.13. The van der Waals surface area contributed by atoms with Crippen LogP contribution in [0.15, 0.2) is 35.0 Å². The maximum Gasteiger partial charge on any atom is 0.341 e. The Balaban J connectivity index is 2.10. The molecular weight excluding hydrogens is 248 g/mol. The summed E-state index contributed by atoms with van der Waals surface area (Å²) < 4.78 is 10.0. The molecule has 0 bridgehead atoms. The summed E-state index contributed by atoms with van der Waals surface area (Å²) in [5.41, 5.74) is 1.93. The van der Waals surface area contributed by atoms with Crippen molar-refractivity contribution >= 4 is 11.7 Å². The van der Waals surface area contributed by atoms with Gasteiger partial charge in [0.1, 0.15) is 5.56 Å². The fourth-order valence-electron chi connectivity index (χ4n) is 1.72. The number of aromatic carboxylic acids is 1. The van der Waals surface area contributed by atoms with Gasteiger partial charge in [0.05, 0.1) is 19.3 Å². The zero-order valence-electron chi connectivity index (χ0n) is 10.4. The van der Waals surface area contributed by atoms with Crippen LogP contribution >= 0.6 is 0 Å². The standard InChI is InChI=1S/C13H14N2O4/c1-18-8-9-4-2-3-5-11(9)14-7-12-10(13(16)17)6-15-19-12/h2-6,14H,7-8H2,1H3,(H,16,17). The van der Waals surface area contributed by atoms with Gasteiger partial charge in [-0.15, -0.1) is 0 Å². The molecule has 6 nitrogen and oxygen atoms in total. The molecule has 0 radical (unpaired) electrons. The largest absolute Gasteiger partial charge is 0.478 e. The van der Waals surface area contributed by atoms with Crippen molar-refractivity contribution in [2.24, 2.45) is 0 Å². The number of aromatic nitrogens is 1. The van der Waals surface area contributed by atoms with E-state index >= 15 is 0 Å². The van der Waals surface area contributed by atoms with Gasteiger partial charge in [0, 0.05) is 18.4 Å². The highest BCUT2D eigenvalue weighted by Gasteiger charge is 2.14. The van der Waals surface area contributed by atoms with Gasteiger partial charge in [0.25, 0.3) is 0 Å². The van der Waals surface area contributed by atoms with Crippen molar-refractivity contribution in [3.63, 3.8) is 0 Å². The van der Waals surface area contributed by atoms with Gasteiger partial charge in [-0.1, -0.05) is 23.4 Å². The van der Waals surface area contributed by atoms with Crippen molar-refractivity contribution in [1.82, 2.24) is 5.16 Å². The van der Waals surface area contributed by atoms with Crippen LogP contribution in [0.2, 0.25) is 0 Å². The highest BCUT2D eigenvalue weighted by atomic mass is 16.5. The van der Waals surface area contributed by atoms with E-state index in [0.29, 0.717) is 12.4 Å². The van der Waals surface area contributed by atoms with Crippen molar-refractivity contribution in [2.45, 2.75) is 13.2 Å². The van der Waals surface area contributed by atoms with Crippen molar-refractivity contribution in [3.05, 3.63) is 47.3 Å². The number of methoxy groups -OCH3 is 1. The van der Waals surface area contributed by atoms with Crippen molar-refractivity contribution in [1.29, 1.82) is 0 Å². The summed E-state index contributed by atoms with van der Waals surface area (Å²) in [5.74, 6) is -0.761. The predicted molar refractivity (Wildman–Crippen MR) is 67.9 cm³/mol. The Morgan fingerprint density at radius 3 is 3.00 bits per heavy atom. The molecule has 0 atom stereocenters. The third-order valence-electron chi connectivity index (χ3n) is 2.63. The van der Waals surface area contributed by atoms with Gasteiger partial charge >= 0.3 is 5.97 Å². The van der Waals surface area contributed by atoms with Crippen molar-refractivity contribution < 1.29 is 19.2 Å². The lowest BCUT2D eigenvalue weighted by Gasteiger charge is -2.10. The highest BCUT2D eigenvalue weighted by Crippen LogP contribution is 2.18. The van der Waals surface area contributed by atoms with Crippen LogP contribution in [0.25, 0.3) is 0 Å². The van der Waals surface area contributed by atoms with Crippen LogP contribution in [0.1, 0.15) is 21.7 Å². The smallest absolute Gasteiger partial charge is 0.341 e. The summed E-state index contributed by atoms with van der Waals surface area (Å²) in [7, 11) is 1.62. The number of nitrogens with zero attached hydrogens (tertiary/aromatic N) is 1. The molecule has 19 heavy (non-hydrogen) atoms. The summed E-state index contributed by atoms with van der Waals surface area (Å²) in [6, 6.07) is 7.63. The molecule has 1 heterocycles. The number of benzene rings is 1. The minimum absolute atomic E-state index is 0.0664. The van der Waals surface area contributed by atoms with Gasteiger partial charge < -0.3 is 19.7 Å². The quantitative estimate of drug-likeness (QED) is 0.829. The average molecular weight is 262 g/mol. The lowest BCUT2D eigenvalue weighted by Crippen LogP contribution is -2.06. The molecule has 1 aromatic carbocycles. The lowest BCUT2D eigenvalue weighted by atomic mass is 10.2. The van der Waals surface area contributed by atoms with E-state index in [1.165, 1.54) is 6.20 Å². The molecule has 1 aromatic heterocycles. The second-order valence-corrected chi connectivity index (χ2v) is 3.91. The second-order valence-electron chi connectivity index (χ2n) is 3.91. The molecule has 0 amide bonds. The van der Waals surface area contributed by atoms with Gasteiger partial charge in [-0.25, -0.2) is 4.79 Å². The first kappa shape index (κ1) is 13.1. The van der Waals surface area contributed by atoms with Crippen LogP contribution in [0.5, 0.6) is 0 Å². The molecule has 0 spiro atoms. The Morgan fingerprint density at radius 2 is 2.26 bits per heavy atom. The Bertz CT molecular complexity index is 565. The first-order valence-electron chi connectivity index (χ1n) is 5.70. The van der Waals surface area contributed by atoms with E-state index in [2.05, 4.69) is 10.5 Å². The number of anilines is 1. The van der Waals surface area contributed by atoms with E-state index in [1.54, 1.807) is 7.11 Å². The number of ether oxygens (including phenoxy) is 1. The molecule has 2 N–H and O–H groups in total. The summed E-state index contributed by atoms with van der Waals surface area (Å²) in [5, 5.41) is 15.6. The summed E-state index contributed by atoms with van der Waals surface area (Å²) in [4.78, 5) is 10.9. The zero-order valence-corrected chi connectivity index (χ0v) is 10.4. The molecule has 6 heteroatoms. The monoisotopic (exact) mass is 262 g/mol. The SMILES string of the molecule is COCc1ccccc1NCc1oncc1C(=O)O. The molecule has 0 fully saturated rings. The fraction of sp³-hybridized carbons (Fsp3) is 0.231. The maximum absolute atomic E-state index is 10.9. The Hall–Kier alpha value is -2.34. The molecular formula is C13H14N2O4. The van der Waals surface area contributed by atoms with Crippen LogP contribution in [-0.2, 0) is 17.9 Å². The van der Waals surface area contributed by atoms with Crippen molar-refractivity contribution in [3.8, 4) is 0 Å². The first-order chi connectivity index (χ1) is 9.22. The minimum Gasteiger partial charge on any atom is -0.478 e. The van der Waals surface area contributed by atoms with E-state index in [1.807, 2.05) is 24.3 Å². The molecule has 0 aliphatic carbocycles. The maximum atomic E-state index is 10.9. The number of rotatable bonds is 6. The topological polar surface area (TPSA) is 84.6 Å². The third kappa shape index (κ3) is 3.11. The van der Waals surface area contributed by atoms with Crippen LogP contribution < -0.4 is 5.32 Å². The summed E-state index contributed by atoms with van der Waals surface area (Å²) in [6.07, 6.45) is 1.19. The normalized spacial score (nSPS) is 10.4. The number of hydrogen-bond acceptors (Lipinski definition) is 5. The average Bonchev–Trinajstić information content (AvgIpc) is 2.86. The molecule has 0 saturated heterocycles.